The maximum absolute atomic E-state index is 12.4. The number of anilines is 1. The summed E-state index contributed by atoms with van der Waals surface area (Å²) in [5.74, 6) is 0.732. The smallest absolute Gasteiger partial charge is 0.277 e. The Balaban J connectivity index is 1.78. The molecular weight excluding hydrogens is 328 g/mol. The minimum absolute atomic E-state index is 0.186. The molecule has 0 unspecified atom stereocenters. The molecule has 0 bridgehead atoms. The number of carbonyl (C=O) groups excluding carboxylic acids is 1. The molecule has 0 aliphatic carbocycles. The second-order valence-corrected chi connectivity index (χ2v) is 5.40. The standard InChI is InChI=1S/C18H15ClN2O3/c1-2-23-16-6-4-3-5-14(16)20-18(22)15-11-17(24-21-15)12-7-9-13(19)10-8-12/h3-11H,2H2,1H3,(H,20,22). The van der Waals surface area contributed by atoms with Gasteiger partial charge in [-0.15, -0.1) is 0 Å². The molecule has 1 amide bonds. The van der Waals surface area contributed by atoms with Gasteiger partial charge in [0.2, 0.25) is 0 Å². The minimum Gasteiger partial charge on any atom is -0.492 e. The summed E-state index contributed by atoms with van der Waals surface area (Å²) in [4.78, 5) is 12.4. The number of hydrogen-bond acceptors (Lipinski definition) is 4. The highest BCUT2D eigenvalue weighted by Crippen LogP contribution is 2.26. The van der Waals surface area contributed by atoms with Gasteiger partial charge in [0.1, 0.15) is 5.75 Å². The quantitative estimate of drug-likeness (QED) is 0.733. The molecule has 0 aliphatic heterocycles. The third-order valence-electron chi connectivity index (χ3n) is 3.31. The first kappa shape index (κ1) is 16.1. The summed E-state index contributed by atoms with van der Waals surface area (Å²) in [6, 6.07) is 15.9. The maximum atomic E-state index is 12.4. The molecular formula is C18H15ClN2O3. The lowest BCUT2D eigenvalue weighted by Crippen LogP contribution is -2.13. The molecule has 0 saturated heterocycles. The van der Waals surface area contributed by atoms with Gasteiger partial charge in [-0.3, -0.25) is 4.79 Å². The number of hydrogen-bond donors (Lipinski definition) is 1. The lowest BCUT2D eigenvalue weighted by atomic mass is 10.1. The van der Waals surface area contributed by atoms with Crippen LogP contribution in [0, 0.1) is 0 Å². The van der Waals surface area contributed by atoms with Gasteiger partial charge in [0, 0.05) is 16.7 Å². The summed E-state index contributed by atoms with van der Waals surface area (Å²) < 4.78 is 10.7. The Bertz CT molecular complexity index is 843. The first-order valence-electron chi connectivity index (χ1n) is 7.43. The highest BCUT2D eigenvalue weighted by Gasteiger charge is 2.15. The van der Waals surface area contributed by atoms with E-state index in [4.69, 9.17) is 20.9 Å². The van der Waals surface area contributed by atoms with E-state index in [1.54, 1.807) is 42.5 Å². The normalized spacial score (nSPS) is 10.4. The number of rotatable bonds is 5. The fourth-order valence-corrected chi connectivity index (χ4v) is 2.30. The molecule has 0 saturated carbocycles. The molecule has 1 heterocycles. The van der Waals surface area contributed by atoms with Crippen LogP contribution in [0.15, 0.2) is 59.1 Å². The molecule has 1 N–H and O–H groups in total. The zero-order valence-electron chi connectivity index (χ0n) is 13.0. The number of aromatic nitrogens is 1. The first-order valence-corrected chi connectivity index (χ1v) is 7.81. The molecule has 122 valence electrons. The monoisotopic (exact) mass is 342 g/mol. The van der Waals surface area contributed by atoms with Crippen LogP contribution in [0.3, 0.4) is 0 Å². The van der Waals surface area contributed by atoms with Gasteiger partial charge in [0.15, 0.2) is 11.5 Å². The molecule has 3 aromatic rings. The number of amides is 1. The van der Waals surface area contributed by atoms with Crippen LogP contribution in [0.5, 0.6) is 5.75 Å². The summed E-state index contributed by atoms with van der Waals surface area (Å²) >= 11 is 5.86. The van der Waals surface area contributed by atoms with Crippen LogP contribution in [-0.4, -0.2) is 17.7 Å². The Labute approximate surface area is 144 Å². The van der Waals surface area contributed by atoms with E-state index in [0.717, 1.165) is 5.56 Å². The SMILES string of the molecule is CCOc1ccccc1NC(=O)c1cc(-c2ccc(Cl)cc2)on1. The topological polar surface area (TPSA) is 64.4 Å². The number of nitrogens with zero attached hydrogens (tertiary/aromatic N) is 1. The molecule has 2 aromatic carbocycles. The Morgan fingerprint density at radius 1 is 1.21 bits per heavy atom. The highest BCUT2D eigenvalue weighted by atomic mass is 35.5. The van der Waals surface area contributed by atoms with Crippen LogP contribution < -0.4 is 10.1 Å². The average molecular weight is 343 g/mol. The molecule has 0 atom stereocenters. The van der Waals surface area contributed by atoms with Gasteiger partial charge >= 0.3 is 0 Å². The average Bonchev–Trinajstić information content (AvgIpc) is 3.08. The lowest BCUT2D eigenvalue weighted by Gasteiger charge is -2.09. The van der Waals surface area contributed by atoms with Gasteiger partial charge in [-0.25, -0.2) is 0 Å². The zero-order chi connectivity index (χ0) is 16.9. The third-order valence-corrected chi connectivity index (χ3v) is 3.56. The number of halogens is 1. The number of carbonyl (C=O) groups is 1. The lowest BCUT2D eigenvalue weighted by molar-refractivity contribution is 0.101. The van der Waals surface area contributed by atoms with Gasteiger partial charge in [0.25, 0.3) is 5.91 Å². The largest absolute Gasteiger partial charge is 0.492 e. The second-order valence-electron chi connectivity index (χ2n) is 4.97. The Kier molecular flexibility index (Phi) is 4.82. The molecule has 5 nitrogen and oxygen atoms in total. The highest BCUT2D eigenvalue weighted by molar-refractivity contribution is 6.30. The van der Waals surface area contributed by atoms with E-state index in [1.165, 1.54) is 0 Å². The number of para-hydroxylation sites is 2. The van der Waals surface area contributed by atoms with E-state index in [2.05, 4.69) is 10.5 Å². The van der Waals surface area contributed by atoms with Gasteiger partial charge in [0.05, 0.1) is 12.3 Å². The van der Waals surface area contributed by atoms with Crippen LogP contribution in [0.25, 0.3) is 11.3 Å². The molecule has 0 spiro atoms. The van der Waals surface area contributed by atoms with Crippen molar-refractivity contribution < 1.29 is 14.1 Å². The van der Waals surface area contributed by atoms with Crippen molar-refractivity contribution in [3.8, 4) is 17.1 Å². The van der Waals surface area contributed by atoms with Gasteiger partial charge < -0.3 is 14.6 Å². The Morgan fingerprint density at radius 2 is 1.96 bits per heavy atom. The van der Waals surface area contributed by atoms with Crippen molar-refractivity contribution in [1.29, 1.82) is 0 Å². The summed E-state index contributed by atoms with van der Waals surface area (Å²) in [6.07, 6.45) is 0. The van der Waals surface area contributed by atoms with Crippen molar-refractivity contribution in [3.05, 3.63) is 65.3 Å². The Hall–Kier alpha value is -2.79. The first-order chi connectivity index (χ1) is 11.7. The Morgan fingerprint density at radius 3 is 2.71 bits per heavy atom. The van der Waals surface area contributed by atoms with E-state index in [0.29, 0.717) is 28.8 Å². The van der Waals surface area contributed by atoms with Crippen molar-refractivity contribution in [2.75, 3.05) is 11.9 Å². The molecule has 3 rings (SSSR count). The van der Waals surface area contributed by atoms with E-state index < -0.39 is 0 Å². The molecule has 0 radical (unpaired) electrons. The fraction of sp³-hybridized carbons (Fsp3) is 0.111. The zero-order valence-corrected chi connectivity index (χ0v) is 13.7. The summed E-state index contributed by atoms with van der Waals surface area (Å²) in [7, 11) is 0. The molecule has 1 aromatic heterocycles. The van der Waals surface area contributed by atoms with Crippen LogP contribution in [0.4, 0.5) is 5.69 Å². The summed E-state index contributed by atoms with van der Waals surface area (Å²) in [6.45, 7) is 2.40. The van der Waals surface area contributed by atoms with Crippen molar-refractivity contribution in [2.24, 2.45) is 0 Å². The maximum Gasteiger partial charge on any atom is 0.277 e. The van der Waals surface area contributed by atoms with Gasteiger partial charge in [-0.05, 0) is 43.3 Å². The van der Waals surface area contributed by atoms with Gasteiger partial charge in [-0.2, -0.15) is 0 Å². The van der Waals surface area contributed by atoms with E-state index in [1.807, 2.05) is 19.1 Å². The summed E-state index contributed by atoms with van der Waals surface area (Å²) in [5, 5.41) is 7.23. The van der Waals surface area contributed by atoms with E-state index >= 15 is 0 Å². The van der Waals surface area contributed by atoms with E-state index in [9.17, 15) is 4.79 Å². The predicted octanol–water partition coefficient (Wildman–Crippen LogP) is 4.65. The number of ether oxygens (including phenoxy) is 1. The molecule has 24 heavy (non-hydrogen) atoms. The second kappa shape index (κ2) is 7.19. The van der Waals surface area contributed by atoms with Crippen molar-refractivity contribution >= 4 is 23.2 Å². The van der Waals surface area contributed by atoms with Gasteiger partial charge in [-0.1, -0.05) is 28.9 Å². The summed E-state index contributed by atoms with van der Waals surface area (Å²) in [5.41, 5.74) is 1.56. The van der Waals surface area contributed by atoms with Crippen LogP contribution in [0.2, 0.25) is 5.02 Å². The van der Waals surface area contributed by atoms with Crippen LogP contribution in [-0.2, 0) is 0 Å². The number of nitrogens with one attached hydrogen (secondary N) is 1. The fourth-order valence-electron chi connectivity index (χ4n) is 2.17. The van der Waals surface area contributed by atoms with Crippen molar-refractivity contribution in [1.82, 2.24) is 5.16 Å². The predicted molar refractivity (Wildman–Crippen MR) is 92.5 cm³/mol. The van der Waals surface area contributed by atoms with Crippen LogP contribution >= 0.6 is 11.6 Å². The van der Waals surface area contributed by atoms with Crippen LogP contribution in [0.1, 0.15) is 17.4 Å². The third kappa shape index (κ3) is 3.58. The molecule has 0 aliphatic rings. The number of benzene rings is 2. The molecule has 0 fully saturated rings. The molecule has 6 heteroatoms. The van der Waals surface area contributed by atoms with E-state index in [-0.39, 0.29) is 11.6 Å². The van der Waals surface area contributed by atoms with Crippen molar-refractivity contribution in [2.45, 2.75) is 6.92 Å². The van der Waals surface area contributed by atoms with Crippen molar-refractivity contribution in [3.63, 3.8) is 0 Å². The minimum atomic E-state index is -0.369.